The first-order valence-electron chi connectivity index (χ1n) is 12.1. The topological polar surface area (TPSA) is 95.6 Å². The highest BCUT2D eigenvalue weighted by Gasteiger charge is 2.43. The maximum atomic E-state index is 13.7. The Morgan fingerprint density at radius 2 is 1.58 bits per heavy atom. The first-order chi connectivity index (χ1) is 17.4. The summed E-state index contributed by atoms with van der Waals surface area (Å²) in [7, 11) is 6.34. The standard InChI is InChI=1S/C27H36N2O7/c1-7-35-23(36-8-2)13-14-28-26(30)24-19-15-21(33-5)22(34-6)16-20(19)27(31)29(3)25(24)17-9-11-18(32-4)12-10-17/h9-12,15-16,23-25H,7-8,13-14H2,1-6H3,(H,28,30)/t24-,25-/m1/s1. The molecule has 3 rings (SSSR count). The van der Waals surface area contributed by atoms with Crippen LogP contribution in [0.15, 0.2) is 36.4 Å². The van der Waals surface area contributed by atoms with Crippen molar-refractivity contribution in [1.29, 1.82) is 0 Å². The third-order valence-corrected chi connectivity index (χ3v) is 6.30. The third kappa shape index (κ3) is 5.74. The van der Waals surface area contributed by atoms with Gasteiger partial charge in [-0.15, -0.1) is 0 Å². The smallest absolute Gasteiger partial charge is 0.254 e. The van der Waals surface area contributed by atoms with E-state index in [0.29, 0.717) is 54.6 Å². The molecule has 36 heavy (non-hydrogen) atoms. The minimum absolute atomic E-state index is 0.205. The largest absolute Gasteiger partial charge is 0.497 e. The highest BCUT2D eigenvalue weighted by molar-refractivity contribution is 6.02. The molecule has 1 aliphatic rings. The van der Waals surface area contributed by atoms with Gasteiger partial charge < -0.3 is 33.9 Å². The molecule has 0 saturated heterocycles. The van der Waals surface area contributed by atoms with Gasteiger partial charge in [0.05, 0.1) is 33.3 Å². The number of nitrogens with one attached hydrogen (secondary N) is 1. The third-order valence-electron chi connectivity index (χ3n) is 6.30. The fourth-order valence-corrected chi connectivity index (χ4v) is 4.56. The van der Waals surface area contributed by atoms with Gasteiger partial charge in [-0.2, -0.15) is 0 Å². The summed E-state index contributed by atoms with van der Waals surface area (Å²) >= 11 is 0. The van der Waals surface area contributed by atoms with Crippen molar-refractivity contribution in [1.82, 2.24) is 10.2 Å². The van der Waals surface area contributed by atoms with Gasteiger partial charge in [-0.25, -0.2) is 0 Å². The van der Waals surface area contributed by atoms with Crippen LogP contribution in [0, 0.1) is 0 Å². The highest BCUT2D eigenvalue weighted by atomic mass is 16.7. The van der Waals surface area contributed by atoms with Crippen LogP contribution in [0.1, 0.15) is 53.7 Å². The molecule has 0 aliphatic carbocycles. The molecule has 1 N–H and O–H groups in total. The van der Waals surface area contributed by atoms with Gasteiger partial charge in [0.1, 0.15) is 5.75 Å². The molecule has 2 aromatic carbocycles. The maximum Gasteiger partial charge on any atom is 0.254 e. The van der Waals surface area contributed by atoms with Crippen LogP contribution in [0.25, 0.3) is 0 Å². The molecule has 9 heteroatoms. The van der Waals surface area contributed by atoms with E-state index in [9.17, 15) is 9.59 Å². The number of hydrogen-bond donors (Lipinski definition) is 1. The lowest BCUT2D eigenvalue weighted by Gasteiger charge is -2.40. The predicted octanol–water partition coefficient (Wildman–Crippen LogP) is 3.53. The van der Waals surface area contributed by atoms with E-state index in [1.54, 1.807) is 31.2 Å². The van der Waals surface area contributed by atoms with E-state index < -0.39 is 18.2 Å². The lowest BCUT2D eigenvalue weighted by Crippen LogP contribution is -2.46. The van der Waals surface area contributed by atoms with E-state index in [4.69, 9.17) is 23.7 Å². The maximum absolute atomic E-state index is 13.7. The molecule has 0 bridgehead atoms. The van der Waals surface area contributed by atoms with Gasteiger partial charge in [0.2, 0.25) is 5.91 Å². The van der Waals surface area contributed by atoms with Crippen molar-refractivity contribution in [2.45, 2.75) is 38.5 Å². The summed E-state index contributed by atoms with van der Waals surface area (Å²) in [5.74, 6) is 0.464. The Morgan fingerprint density at radius 1 is 0.972 bits per heavy atom. The first kappa shape index (κ1) is 27.3. The van der Waals surface area contributed by atoms with Crippen molar-refractivity contribution in [2.24, 2.45) is 0 Å². The van der Waals surface area contributed by atoms with Crippen LogP contribution in [-0.2, 0) is 14.3 Å². The van der Waals surface area contributed by atoms with Crippen LogP contribution in [0.3, 0.4) is 0 Å². The van der Waals surface area contributed by atoms with Crippen molar-refractivity contribution in [3.8, 4) is 17.2 Å². The molecule has 0 spiro atoms. The molecule has 0 fully saturated rings. The molecule has 0 saturated carbocycles. The van der Waals surface area contributed by atoms with Crippen molar-refractivity contribution >= 4 is 11.8 Å². The number of likely N-dealkylation sites (N-methyl/N-ethyl adjacent to an activating group) is 1. The summed E-state index contributed by atoms with van der Waals surface area (Å²) in [5, 5.41) is 3.03. The molecule has 2 aromatic rings. The SMILES string of the molecule is CCOC(CCNC(=O)[C@@H]1c2cc(OC)c(OC)cc2C(=O)N(C)[C@@H]1c1ccc(OC)cc1)OCC. The van der Waals surface area contributed by atoms with Crippen molar-refractivity contribution in [3.05, 3.63) is 53.1 Å². The molecule has 1 aliphatic heterocycles. The van der Waals surface area contributed by atoms with E-state index in [1.807, 2.05) is 38.1 Å². The molecule has 2 atom stereocenters. The van der Waals surface area contributed by atoms with Crippen LogP contribution in [0.2, 0.25) is 0 Å². The minimum Gasteiger partial charge on any atom is -0.497 e. The average Bonchev–Trinajstić information content (AvgIpc) is 2.90. The average molecular weight is 501 g/mol. The summed E-state index contributed by atoms with van der Waals surface area (Å²) in [4.78, 5) is 28.8. The summed E-state index contributed by atoms with van der Waals surface area (Å²) in [5.41, 5.74) is 1.80. The lowest BCUT2D eigenvalue weighted by molar-refractivity contribution is -0.140. The van der Waals surface area contributed by atoms with Crippen molar-refractivity contribution in [3.63, 3.8) is 0 Å². The highest BCUT2D eigenvalue weighted by Crippen LogP contribution is 2.45. The molecule has 0 aromatic heterocycles. The Labute approximate surface area is 212 Å². The van der Waals surface area contributed by atoms with Gasteiger partial charge in [0.15, 0.2) is 17.8 Å². The quantitative estimate of drug-likeness (QED) is 0.446. The number of benzene rings is 2. The number of carbonyl (C=O) groups is 2. The van der Waals surface area contributed by atoms with E-state index in [2.05, 4.69) is 5.32 Å². The number of amides is 2. The molecule has 0 radical (unpaired) electrons. The Bertz CT molecular complexity index is 1040. The summed E-state index contributed by atoms with van der Waals surface area (Å²) < 4.78 is 27.4. The number of nitrogens with zero attached hydrogens (tertiary/aromatic N) is 1. The van der Waals surface area contributed by atoms with Gasteiger partial charge >= 0.3 is 0 Å². The van der Waals surface area contributed by atoms with E-state index >= 15 is 0 Å². The van der Waals surface area contributed by atoms with Gasteiger partial charge in [-0.1, -0.05) is 12.1 Å². The zero-order valence-corrected chi connectivity index (χ0v) is 21.8. The molecule has 0 unspecified atom stereocenters. The van der Waals surface area contributed by atoms with E-state index in [-0.39, 0.29) is 11.8 Å². The van der Waals surface area contributed by atoms with Crippen LogP contribution in [-0.4, -0.2) is 71.1 Å². The van der Waals surface area contributed by atoms with Crippen LogP contribution < -0.4 is 19.5 Å². The normalized spacial score (nSPS) is 17.1. The number of carbonyl (C=O) groups excluding carboxylic acids is 2. The second-order valence-electron chi connectivity index (χ2n) is 8.33. The fraction of sp³-hybridized carbons (Fsp3) is 0.481. The molecule has 9 nitrogen and oxygen atoms in total. The second kappa shape index (κ2) is 12.6. The number of fused-ring (bicyclic) bond motifs is 1. The lowest BCUT2D eigenvalue weighted by atomic mass is 9.79. The molecule has 196 valence electrons. The number of rotatable bonds is 12. The molecular weight excluding hydrogens is 464 g/mol. The Balaban J connectivity index is 2.01. The monoisotopic (exact) mass is 500 g/mol. The number of hydrogen-bond acceptors (Lipinski definition) is 7. The van der Waals surface area contributed by atoms with Crippen molar-refractivity contribution < 1.29 is 33.3 Å². The Kier molecular flexibility index (Phi) is 9.55. The first-order valence-corrected chi connectivity index (χ1v) is 12.1. The van der Waals surface area contributed by atoms with Gasteiger partial charge in [-0.05, 0) is 49.2 Å². The zero-order chi connectivity index (χ0) is 26.2. The number of ether oxygens (including phenoxy) is 5. The van der Waals surface area contributed by atoms with Crippen LogP contribution in [0.4, 0.5) is 0 Å². The predicted molar refractivity (Wildman–Crippen MR) is 135 cm³/mol. The summed E-state index contributed by atoms with van der Waals surface area (Å²) in [6.07, 6.45) is 0.103. The zero-order valence-electron chi connectivity index (χ0n) is 21.8. The summed E-state index contributed by atoms with van der Waals surface area (Å²) in [6.45, 7) is 5.19. The summed E-state index contributed by atoms with van der Waals surface area (Å²) in [6, 6.07) is 10.2. The van der Waals surface area contributed by atoms with Crippen LogP contribution >= 0.6 is 0 Å². The molecule has 2 amide bonds. The number of methoxy groups -OCH3 is 3. The van der Waals surface area contributed by atoms with E-state index in [1.165, 1.54) is 14.2 Å². The second-order valence-corrected chi connectivity index (χ2v) is 8.33. The van der Waals surface area contributed by atoms with Gasteiger partial charge in [0, 0.05) is 38.8 Å². The molecule has 1 heterocycles. The molecular formula is C27H36N2O7. The Hall–Kier alpha value is -3.30. The Morgan fingerprint density at radius 3 is 2.14 bits per heavy atom. The van der Waals surface area contributed by atoms with E-state index in [0.717, 1.165) is 5.56 Å². The van der Waals surface area contributed by atoms with Crippen molar-refractivity contribution in [2.75, 3.05) is 48.1 Å². The van der Waals surface area contributed by atoms with Gasteiger partial charge in [-0.3, -0.25) is 9.59 Å². The minimum atomic E-state index is -0.687. The fourth-order valence-electron chi connectivity index (χ4n) is 4.56. The van der Waals surface area contributed by atoms with Gasteiger partial charge in [0.25, 0.3) is 5.91 Å². The van der Waals surface area contributed by atoms with Crippen LogP contribution in [0.5, 0.6) is 17.2 Å².